The van der Waals surface area contributed by atoms with Crippen molar-refractivity contribution in [3.05, 3.63) is 152 Å². The van der Waals surface area contributed by atoms with E-state index in [1.54, 1.807) is 0 Å². The third kappa shape index (κ3) is 4.38. The van der Waals surface area contributed by atoms with Gasteiger partial charge in [-0.2, -0.15) is 0 Å². The zero-order valence-corrected chi connectivity index (χ0v) is 23.4. The van der Waals surface area contributed by atoms with Crippen molar-refractivity contribution < 1.29 is 10.0 Å². The van der Waals surface area contributed by atoms with Crippen LogP contribution < -0.4 is 5.46 Å². The molecule has 0 saturated heterocycles. The fourth-order valence-corrected chi connectivity index (χ4v) is 6.52. The smallest absolute Gasteiger partial charge is 0.423 e. The molecule has 0 heterocycles. The van der Waals surface area contributed by atoms with Gasteiger partial charge in [-0.1, -0.05) is 140 Å². The molecule has 43 heavy (non-hydrogen) atoms. The summed E-state index contributed by atoms with van der Waals surface area (Å²) in [6, 6.07) is 53.1. The Kier molecular flexibility index (Phi) is 6.08. The molecule has 0 aliphatic carbocycles. The summed E-state index contributed by atoms with van der Waals surface area (Å²) in [6.45, 7) is 0. The molecule has 0 atom stereocenters. The maximum atomic E-state index is 10.1. The highest BCUT2D eigenvalue weighted by molar-refractivity contribution is 6.59. The van der Waals surface area contributed by atoms with Gasteiger partial charge < -0.3 is 10.0 Å². The van der Waals surface area contributed by atoms with Crippen LogP contribution in [0.3, 0.4) is 0 Å². The van der Waals surface area contributed by atoms with Gasteiger partial charge in [0.1, 0.15) is 0 Å². The van der Waals surface area contributed by atoms with Gasteiger partial charge in [-0.15, -0.1) is 0 Å². The minimum absolute atomic E-state index is 0.474. The Hall–Kier alpha value is -5.22. The second kappa shape index (κ2) is 10.3. The fraction of sp³-hybridized carbons (Fsp3) is 0. The van der Waals surface area contributed by atoms with Crippen molar-refractivity contribution in [2.75, 3.05) is 0 Å². The largest absolute Gasteiger partial charge is 0.488 e. The van der Waals surface area contributed by atoms with E-state index in [4.69, 9.17) is 0 Å². The van der Waals surface area contributed by atoms with Gasteiger partial charge in [0.05, 0.1) is 0 Å². The van der Waals surface area contributed by atoms with Crippen LogP contribution in [0.15, 0.2) is 152 Å². The van der Waals surface area contributed by atoms with E-state index in [0.717, 1.165) is 43.8 Å². The molecule has 202 valence electrons. The second-order valence-electron chi connectivity index (χ2n) is 11.2. The molecule has 2 nitrogen and oxygen atoms in total. The van der Waals surface area contributed by atoms with E-state index >= 15 is 0 Å². The Morgan fingerprint density at radius 1 is 0.326 bits per heavy atom. The van der Waals surface area contributed by atoms with Crippen LogP contribution in [-0.4, -0.2) is 17.2 Å². The molecular formula is C40H27BO2. The van der Waals surface area contributed by atoms with Gasteiger partial charge in [-0.3, -0.25) is 0 Å². The minimum Gasteiger partial charge on any atom is -0.423 e. The Balaban J connectivity index is 1.37. The Labute approximate surface area is 250 Å². The lowest BCUT2D eigenvalue weighted by Crippen LogP contribution is -2.29. The number of benzene rings is 8. The van der Waals surface area contributed by atoms with E-state index in [-0.39, 0.29) is 0 Å². The molecule has 0 aliphatic heterocycles. The molecule has 2 N–H and O–H groups in total. The molecule has 3 heteroatoms. The number of fused-ring (bicyclic) bond motifs is 4. The molecule has 0 aliphatic rings. The first-order valence-corrected chi connectivity index (χ1v) is 14.6. The highest BCUT2D eigenvalue weighted by atomic mass is 16.4. The van der Waals surface area contributed by atoms with E-state index in [9.17, 15) is 10.0 Å². The monoisotopic (exact) mass is 550 g/mol. The first-order chi connectivity index (χ1) is 21.1. The molecule has 0 fully saturated rings. The Bertz CT molecular complexity index is 2320. The maximum Gasteiger partial charge on any atom is 0.488 e. The van der Waals surface area contributed by atoms with Crippen molar-refractivity contribution in [3.8, 4) is 33.4 Å². The molecule has 8 rings (SSSR count). The lowest BCUT2D eigenvalue weighted by Gasteiger charge is -2.19. The first-order valence-electron chi connectivity index (χ1n) is 14.6. The first kappa shape index (κ1) is 25.5. The fourth-order valence-electron chi connectivity index (χ4n) is 6.52. The molecule has 0 radical (unpaired) electrons. The standard InChI is InChI=1S/C40H27BO2/c42-41(43)34-21-22-37-38(25-34)40(33-20-16-27-8-2-4-10-31(27)24-33)36-12-6-5-11-35(36)39(37)29-17-13-28(14-18-29)32-19-15-26-7-1-3-9-30(26)23-32/h1-25,42-43H. The summed E-state index contributed by atoms with van der Waals surface area (Å²) in [6.07, 6.45) is 0. The molecule has 0 saturated carbocycles. The van der Waals surface area contributed by atoms with E-state index in [1.165, 1.54) is 32.7 Å². The maximum absolute atomic E-state index is 10.1. The molecule has 0 unspecified atom stereocenters. The van der Waals surface area contributed by atoms with Crippen LogP contribution >= 0.6 is 0 Å². The highest BCUT2D eigenvalue weighted by Gasteiger charge is 2.20. The molecule has 0 amide bonds. The van der Waals surface area contributed by atoms with Crippen molar-refractivity contribution in [2.24, 2.45) is 0 Å². The summed E-state index contributed by atoms with van der Waals surface area (Å²) in [7, 11) is -1.55. The highest BCUT2D eigenvalue weighted by Crippen LogP contribution is 2.44. The minimum atomic E-state index is -1.55. The predicted molar refractivity (Wildman–Crippen MR) is 183 cm³/mol. The third-order valence-electron chi connectivity index (χ3n) is 8.64. The zero-order chi connectivity index (χ0) is 28.9. The van der Waals surface area contributed by atoms with Crippen LogP contribution in [0.2, 0.25) is 0 Å². The lowest BCUT2D eigenvalue weighted by molar-refractivity contribution is 0.426. The van der Waals surface area contributed by atoms with Gasteiger partial charge in [0.15, 0.2) is 0 Å². The predicted octanol–water partition coefficient (Wildman–Crippen LogP) is 8.98. The van der Waals surface area contributed by atoms with Gasteiger partial charge in [-0.25, -0.2) is 0 Å². The molecule has 0 aromatic heterocycles. The topological polar surface area (TPSA) is 40.5 Å². The molecule has 8 aromatic rings. The summed E-state index contributed by atoms with van der Waals surface area (Å²) in [5, 5.41) is 29.5. The molecule has 8 aromatic carbocycles. The normalized spacial score (nSPS) is 11.5. The van der Waals surface area contributed by atoms with Crippen molar-refractivity contribution in [1.82, 2.24) is 0 Å². The molecule has 0 spiro atoms. The van der Waals surface area contributed by atoms with Crippen molar-refractivity contribution in [1.29, 1.82) is 0 Å². The van der Waals surface area contributed by atoms with E-state index in [2.05, 4.69) is 133 Å². The van der Waals surface area contributed by atoms with Gasteiger partial charge in [0.2, 0.25) is 0 Å². The van der Waals surface area contributed by atoms with Crippen LogP contribution in [0.25, 0.3) is 76.5 Å². The zero-order valence-electron chi connectivity index (χ0n) is 23.4. The van der Waals surface area contributed by atoms with E-state index < -0.39 is 7.12 Å². The Morgan fingerprint density at radius 3 is 1.42 bits per heavy atom. The summed E-state index contributed by atoms with van der Waals surface area (Å²) < 4.78 is 0. The average Bonchev–Trinajstić information content (AvgIpc) is 3.06. The Morgan fingerprint density at radius 2 is 0.791 bits per heavy atom. The summed E-state index contributed by atoms with van der Waals surface area (Å²) in [5.74, 6) is 0. The van der Waals surface area contributed by atoms with Crippen LogP contribution in [0.5, 0.6) is 0 Å². The van der Waals surface area contributed by atoms with Crippen LogP contribution in [-0.2, 0) is 0 Å². The van der Waals surface area contributed by atoms with Gasteiger partial charge >= 0.3 is 7.12 Å². The summed E-state index contributed by atoms with van der Waals surface area (Å²) in [5.41, 5.74) is 7.28. The average molecular weight is 550 g/mol. The number of hydrogen-bond acceptors (Lipinski definition) is 2. The van der Waals surface area contributed by atoms with Crippen molar-refractivity contribution >= 4 is 55.7 Å². The van der Waals surface area contributed by atoms with Crippen LogP contribution in [0.1, 0.15) is 0 Å². The van der Waals surface area contributed by atoms with Gasteiger partial charge in [0, 0.05) is 0 Å². The third-order valence-corrected chi connectivity index (χ3v) is 8.64. The van der Waals surface area contributed by atoms with E-state index in [1.807, 2.05) is 18.2 Å². The van der Waals surface area contributed by atoms with E-state index in [0.29, 0.717) is 5.46 Å². The molecular weight excluding hydrogens is 523 g/mol. The quantitative estimate of drug-likeness (QED) is 0.170. The SMILES string of the molecule is OB(O)c1ccc2c(-c3ccc(-c4ccc5ccccc5c4)cc3)c3ccccc3c(-c3ccc4ccccc4c3)c2c1. The second-order valence-corrected chi connectivity index (χ2v) is 11.2. The van der Waals surface area contributed by atoms with Crippen molar-refractivity contribution in [3.63, 3.8) is 0 Å². The summed E-state index contributed by atoms with van der Waals surface area (Å²) >= 11 is 0. The van der Waals surface area contributed by atoms with Crippen molar-refractivity contribution in [2.45, 2.75) is 0 Å². The number of rotatable bonds is 4. The van der Waals surface area contributed by atoms with Gasteiger partial charge in [-0.05, 0) is 94.1 Å². The number of hydrogen-bond donors (Lipinski definition) is 2. The molecule has 0 bridgehead atoms. The lowest BCUT2D eigenvalue weighted by atomic mass is 9.77. The van der Waals surface area contributed by atoms with Crippen LogP contribution in [0.4, 0.5) is 0 Å². The van der Waals surface area contributed by atoms with Gasteiger partial charge in [0.25, 0.3) is 0 Å². The van der Waals surface area contributed by atoms with Crippen LogP contribution in [0, 0.1) is 0 Å². The summed E-state index contributed by atoms with van der Waals surface area (Å²) in [4.78, 5) is 0.